The minimum atomic E-state index is -0.246. The molecule has 0 bridgehead atoms. The normalized spacial score (nSPS) is 11.8. The summed E-state index contributed by atoms with van der Waals surface area (Å²) in [6, 6.07) is 15.0. The number of aromatic nitrogens is 1. The van der Waals surface area contributed by atoms with Gasteiger partial charge in [-0.15, -0.1) is 0 Å². The van der Waals surface area contributed by atoms with Crippen LogP contribution in [0.25, 0.3) is 10.2 Å². The lowest BCUT2D eigenvalue weighted by molar-refractivity contribution is 0.0996. The van der Waals surface area contributed by atoms with Crippen molar-refractivity contribution in [3.8, 4) is 5.75 Å². The third kappa shape index (κ3) is 3.97. The first-order valence-electron chi connectivity index (χ1n) is 8.12. The first kappa shape index (κ1) is 17.4. The molecule has 0 spiro atoms. The van der Waals surface area contributed by atoms with E-state index in [1.165, 1.54) is 11.3 Å². The maximum absolute atomic E-state index is 12.5. The van der Waals surface area contributed by atoms with E-state index in [9.17, 15) is 4.79 Å². The smallest absolute Gasteiger partial charge is 0.279 e. The van der Waals surface area contributed by atoms with Crippen LogP contribution in [0, 0.1) is 0 Å². The van der Waals surface area contributed by atoms with Crippen LogP contribution in [0.1, 0.15) is 17.3 Å². The number of benzene rings is 2. The minimum Gasteiger partial charge on any atom is -0.497 e. The Bertz CT molecular complexity index is 929. The first-order chi connectivity index (χ1) is 12.2. The predicted octanol–water partition coefficient (Wildman–Crippen LogP) is 3.49. The van der Waals surface area contributed by atoms with Crippen molar-refractivity contribution in [1.29, 1.82) is 0 Å². The molecule has 0 unspecified atom stereocenters. The Hall–Kier alpha value is -2.44. The number of thiazole rings is 1. The van der Waals surface area contributed by atoms with Gasteiger partial charge in [-0.25, -0.2) is 0 Å². The summed E-state index contributed by atoms with van der Waals surface area (Å²) >= 11 is 1.47. The van der Waals surface area contributed by atoms with Crippen molar-refractivity contribution >= 4 is 27.5 Å². The summed E-state index contributed by atoms with van der Waals surface area (Å²) in [5.74, 6) is 0.538. The van der Waals surface area contributed by atoms with Crippen LogP contribution in [0.15, 0.2) is 53.5 Å². The lowest BCUT2D eigenvalue weighted by Gasteiger charge is -2.06. The molecule has 6 heteroatoms. The molecule has 0 fully saturated rings. The molecule has 25 heavy (non-hydrogen) atoms. The Morgan fingerprint density at radius 2 is 2.00 bits per heavy atom. The Morgan fingerprint density at radius 3 is 2.72 bits per heavy atom. The van der Waals surface area contributed by atoms with E-state index in [-0.39, 0.29) is 5.91 Å². The summed E-state index contributed by atoms with van der Waals surface area (Å²) in [6.07, 6.45) is 0. The van der Waals surface area contributed by atoms with E-state index < -0.39 is 0 Å². The second-order valence-corrected chi connectivity index (χ2v) is 6.36. The average molecular weight is 356 g/mol. The number of fused-ring (bicyclic) bond motifs is 1. The van der Waals surface area contributed by atoms with Crippen molar-refractivity contribution in [2.24, 2.45) is 4.99 Å². The van der Waals surface area contributed by atoms with Gasteiger partial charge in [-0.1, -0.05) is 29.5 Å². The van der Waals surface area contributed by atoms with E-state index in [1.807, 2.05) is 47.9 Å². The highest BCUT2D eigenvalue weighted by Crippen LogP contribution is 2.23. The predicted molar refractivity (Wildman–Crippen MR) is 99.2 cm³/mol. The lowest BCUT2D eigenvalue weighted by Crippen LogP contribution is -2.19. The summed E-state index contributed by atoms with van der Waals surface area (Å²) in [5.41, 5.74) is 1.60. The topological polar surface area (TPSA) is 52.8 Å². The highest BCUT2D eigenvalue weighted by molar-refractivity contribution is 7.16. The van der Waals surface area contributed by atoms with Crippen molar-refractivity contribution in [3.05, 3.63) is 58.9 Å². The third-order valence-electron chi connectivity index (χ3n) is 3.77. The summed E-state index contributed by atoms with van der Waals surface area (Å²) in [6.45, 7) is 3.83. The molecule has 0 aliphatic heterocycles. The number of nitrogens with zero attached hydrogens (tertiary/aromatic N) is 2. The van der Waals surface area contributed by atoms with E-state index in [0.29, 0.717) is 30.1 Å². The summed E-state index contributed by atoms with van der Waals surface area (Å²) in [4.78, 5) is 17.5. The summed E-state index contributed by atoms with van der Waals surface area (Å²) < 4.78 is 13.8. The van der Waals surface area contributed by atoms with Crippen LogP contribution in [0.3, 0.4) is 0 Å². The highest BCUT2D eigenvalue weighted by Gasteiger charge is 2.10. The fraction of sp³-hybridized carbons (Fsp3) is 0.263. The molecule has 5 nitrogen and oxygen atoms in total. The molecule has 0 aliphatic rings. The molecule has 130 valence electrons. The standard InChI is InChI=1S/C19H20N2O3S/c1-3-24-12-11-21-16-10-9-15(23-2)13-17(16)25-19(21)20-18(22)14-7-5-4-6-8-14/h4-10,13H,3,11-12H2,1-2H3. The molecule has 1 amide bonds. The van der Waals surface area contributed by atoms with Crippen molar-refractivity contribution in [2.45, 2.75) is 13.5 Å². The number of rotatable bonds is 6. The monoisotopic (exact) mass is 356 g/mol. The summed E-state index contributed by atoms with van der Waals surface area (Å²) in [5, 5.41) is 0. The maximum atomic E-state index is 12.5. The number of carbonyl (C=O) groups is 1. The molecular weight excluding hydrogens is 336 g/mol. The van der Waals surface area contributed by atoms with Gasteiger partial charge in [-0.3, -0.25) is 4.79 Å². The average Bonchev–Trinajstić information content (AvgIpc) is 2.99. The van der Waals surface area contributed by atoms with E-state index in [4.69, 9.17) is 9.47 Å². The number of methoxy groups -OCH3 is 1. The van der Waals surface area contributed by atoms with Gasteiger partial charge in [-0.05, 0) is 37.3 Å². The molecule has 1 aromatic heterocycles. The quantitative estimate of drug-likeness (QED) is 0.635. The van der Waals surface area contributed by atoms with Crippen molar-refractivity contribution in [3.63, 3.8) is 0 Å². The van der Waals surface area contributed by atoms with Crippen LogP contribution in [-0.2, 0) is 11.3 Å². The van der Waals surface area contributed by atoms with Gasteiger partial charge in [0.05, 0.1) is 23.9 Å². The molecule has 0 saturated carbocycles. The van der Waals surface area contributed by atoms with Gasteiger partial charge < -0.3 is 14.0 Å². The first-order valence-corrected chi connectivity index (χ1v) is 8.94. The van der Waals surface area contributed by atoms with Crippen LogP contribution >= 0.6 is 11.3 Å². The molecule has 0 saturated heterocycles. The number of carbonyl (C=O) groups excluding carboxylic acids is 1. The van der Waals surface area contributed by atoms with Gasteiger partial charge >= 0.3 is 0 Å². The van der Waals surface area contributed by atoms with Crippen molar-refractivity contribution in [2.75, 3.05) is 20.3 Å². The van der Waals surface area contributed by atoms with E-state index in [2.05, 4.69) is 4.99 Å². The Labute approximate surface area is 150 Å². The zero-order valence-corrected chi connectivity index (χ0v) is 15.1. The number of hydrogen-bond donors (Lipinski definition) is 0. The van der Waals surface area contributed by atoms with E-state index >= 15 is 0 Å². The molecule has 0 N–H and O–H groups in total. The zero-order chi connectivity index (χ0) is 17.6. The molecule has 2 aromatic carbocycles. The van der Waals surface area contributed by atoms with Crippen LogP contribution in [0.4, 0.5) is 0 Å². The Morgan fingerprint density at radius 1 is 1.20 bits per heavy atom. The van der Waals surface area contributed by atoms with Gasteiger partial charge in [0.25, 0.3) is 5.91 Å². The second kappa shape index (κ2) is 8.09. The third-order valence-corrected chi connectivity index (χ3v) is 4.81. The van der Waals surface area contributed by atoms with Crippen molar-refractivity contribution in [1.82, 2.24) is 4.57 Å². The van der Waals surface area contributed by atoms with Crippen LogP contribution in [0.5, 0.6) is 5.75 Å². The molecule has 3 aromatic rings. The van der Waals surface area contributed by atoms with E-state index in [0.717, 1.165) is 16.0 Å². The zero-order valence-electron chi connectivity index (χ0n) is 14.3. The van der Waals surface area contributed by atoms with Gasteiger partial charge in [0.1, 0.15) is 5.75 Å². The Balaban J connectivity index is 2.06. The molecule has 0 aliphatic carbocycles. The fourth-order valence-electron chi connectivity index (χ4n) is 2.51. The molecule has 0 radical (unpaired) electrons. The van der Waals surface area contributed by atoms with E-state index in [1.54, 1.807) is 19.2 Å². The molecular formula is C19H20N2O3S. The van der Waals surface area contributed by atoms with Gasteiger partial charge in [0, 0.05) is 18.7 Å². The lowest BCUT2D eigenvalue weighted by atomic mass is 10.2. The minimum absolute atomic E-state index is 0.246. The number of hydrogen-bond acceptors (Lipinski definition) is 4. The molecule has 0 atom stereocenters. The Kier molecular flexibility index (Phi) is 5.63. The van der Waals surface area contributed by atoms with Crippen molar-refractivity contribution < 1.29 is 14.3 Å². The maximum Gasteiger partial charge on any atom is 0.279 e. The molecule has 3 rings (SSSR count). The SMILES string of the molecule is CCOCCn1c(=NC(=O)c2ccccc2)sc2cc(OC)ccc21. The second-order valence-electron chi connectivity index (χ2n) is 5.35. The summed E-state index contributed by atoms with van der Waals surface area (Å²) in [7, 11) is 1.64. The number of ether oxygens (including phenoxy) is 2. The molecule has 1 heterocycles. The highest BCUT2D eigenvalue weighted by atomic mass is 32.1. The van der Waals surface area contributed by atoms with Crippen LogP contribution < -0.4 is 9.54 Å². The largest absolute Gasteiger partial charge is 0.497 e. The van der Waals surface area contributed by atoms with Gasteiger partial charge in [0.15, 0.2) is 4.80 Å². The van der Waals surface area contributed by atoms with Gasteiger partial charge in [-0.2, -0.15) is 4.99 Å². The van der Waals surface area contributed by atoms with Gasteiger partial charge in [0.2, 0.25) is 0 Å². The fourth-order valence-corrected chi connectivity index (χ4v) is 3.60. The van der Waals surface area contributed by atoms with Crippen LogP contribution in [0.2, 0.25) is 0 Å². The number of amides is 1. The van der Waals surface area contributed by atoms with Crippen LogP contribution in [-0.4, -0.2) is 30.8 Å².